The summed E-state index contributed by atoms with van der Waals surface area (Å²) in [6.45, 7) is 4.76. The molecule has 1 aromatic carbocycles. The number of benzene rings is 1. The van der Waals surface area contributed by atoms with Crippen molar-refractivity contribution in [1.29, 1.82) is 0 Å². The van der Waals surface area contributed by atoms with Crippen LogP contribution in [-0.2, 0) is 14.8 Å². The number of sulfonamides is 1. The molecule has 1 atom stereocenters. The van der Waals surface area contributed by atoms with Crippen LogP contribution in [0.25, 0.3) is 0 Å². The SMILES string of the molecule is Cc1cc(C(=O)NCC2(C)CCCO2)cc(S(N)(=O)=O)c1. The van der Waals surface area contributed by atoms with Gasteiger partial charge in [0, 0.05) is 18.7 Å². The zero-order chi connectivity index (χ0) is 15.7. The van der Waals surface area contributed by atoms with Gasteiger partial charge < -0.3 is 10.1 Å². The van der Waals surface area contributed by atoms with E-state index in [9.17, 15) is 13.2 Å². The first-order valence-electron chi connectivity index (χ1n) is 6.76. The molecule has 1 aliphatic rings. The molecule has 3 N–H and O–H groups in total. The first-order chi connectivity index (χ1) is 9.70. The molecule has 116 valence electrons. The number of amides is 1. The molecule has 0 bridgehead atoms. The van der Waals surface area contributed by atoms with Crippen molar-refractivity contribution in [2.75, 3.05) is 13.2 Å². The van der Waals surface area contributed by atoms with E-state index >= 15 is 0 Å². The van der Waals surface area contributed by atoms with Crippen LogP contribution >= 0.6 is 0 Å². The van der Waals surface area contributed by atoms with Gasteiger partial charge in [0.1, 0.15) is 0 Å². The van der Waals surface area contributed by atoms with Gasteiger partial charge in [0.2, 0.25) is 10.0 Å². The Morgan fingerprint density at radius 3 is 2.71 bits per heavy atom. The number of primary sulfonamides is 1. The zero-order valence-electron chi connectivity index (χ0n) is 12.2. The molecule has 0 saturated carbocycles. The van der Waals surface area contributed by atoms with Crippen molar-refractivity contribution in [1.82, 2.24) is 5.32 Å². The lowest BCUT2D eigenvalue weighted by Gasteiger charge is -2.23. The highest BCUT2D eigenvalue weighted by Crippen LogP contribution is 2.24. The largest absolute Gasteiger partial charge is 0.373 e. The highest BCUT2D eigenvalue weighted by molar-refractivity contribution is 7.89. The fraction of sp³-hybridized carbons (Fsp3) is 0.500. The number of hydrogen-bond donors (Lipinski definition) is 2. The zero-order valence-corrected chi connectivity index (χ0v) is 13.0. The molecular weight excluding hydrogens is 292 g/mol. The number of ether oxygens (including phenoxy) is 1. The maximum absolute atomic E-state index is 12.2. The van der Waals surface area contributed by atoms with Crippen molar-refractivity contribution in [2.45, 2.75) is 37.2 Å². The summed E-state index contributed by atoms with van der Waals surface area (Å²) in [5.41, 5.74) is 0.595. The van der Waals surface area contributed by atoms with Gasteiger partial charge in [-0.1, -0.05) is 0 Å². The van der Waals surface area contributed by atoms with E-state index in [4.69, 9.17) is 9.88 Å². The highest BCUT2D eigenvalue weighted by Gasteiger charge is 2.30. The predicted molar refractivity (Wildman–Crippen MR) is 78.5 cm³/mol. The van der Waals surface area contributed by atoms with E-state index in [1.54, 1.807) is 13.0 Å². The summed E-state index contributed by atoms with van der Waals surface area (Å²) in [7, 11) is -3.83. The third kappa shape index (κ3) is 4.03. The first-order valence-corrected chi connectivity index (χ1v) is 8.31. The topological polar surface area (TPSA) is 98.5 Å². The summed E-state index contributed by atoms with van der Waals surface area (Å²) >= 11 is 0. The predicted octanol–water partition coefficient (Wildman–Crippen LogP) is 0.941. The Morgan fingerprint density at radius 2 is 2.14 bits per heavy atom. The van der Waals surface area contributed by atoms with Crippen molar-refractivity contribution in [3.05, 3.63) is 29.3 Å². The Morgan fingerprint density at radius 1 is 1.43 bits per heavy atom. The lowest BCUT2D eigenvalue weighted by Crippen LogP contribution is -2.40. The minimum atomic E-state index is -3.83. The van der Waals surface area contributed by atoms with Gasteiger partial charge in [-0.3, -0.25) is 4.79 Å². The molecule has 6 nitrogen and oxygen atoms in total. The number of aryl methyl sites for hydroxylation is 1. The van der Waals surface area contributed by atoms with Crippen LogP contribution in [0.5, 0.6) is 0 Å². The van der Waals surface area contributed by atoms with E-state index in [1.807, 2.05) is 6.92 Å². The molecular formula is C14H20N2O4S. The lowest BCUT2D eigenvalue weighted by molar-refractivity contribution is 0.0206. The van der Waals surface area contributed by atoms with Gasteiger partial charge in [0.05, 0.1) is 10.5 Å². The molecule has 0 radical (unpaired) electrons. The molecule has 1 amide bonds. The summed E-state index contributed by atoms with van der Waals surface area (Å²) in [5.74, 6) is -0.333. The summed E-state index contributed by atoms with van der Waals surface area (Å²) < 4.78 is 28.4. The van der Waals surface area contributed by atoms with Crippen LogP contribution in [0, 0.1) is 6.92 Å². The van der Waals surface area contributed by atoms with Gasteiger partial charge in [0.25, 0.3) is 5.91 Å². The average Bonchev–Trinajstić information content (AvgIpc) is 2.82. The monoisotopic (exact) mass is 312 g/mol. The Kier molecular flexibility index (Phi) is 4.36. The van der Waals surface area contributed by atoms with E-state index in [0.29, 0.717) is 18.7 Å². The van der Waals surface area contributed by atoms with Gasteiger partial charge in [-0.25, -0.2) is 13.6 Å². The molecule has 1 aliphatic heterocycles. The third-order valence-electron chi connectivity index (χ3n) is 3.56. The van der Waals surface area contributed by atoms with Gasteiger partial charge in [-0.05, 0) is 50.5 Å². The second-order valence-electron chi connectivity index (χ2n) is 5.66. The second kappa shape index (κ2) is 5.75. The number of hydrogen-bond acceptors (Lipinski definition) is 4. The van der Waals surface area contributed by atoms with Crippen molar-refractivity contribution >= 4 is 15.9 Å². The maximum atomic E-state index is 12.2. The minimum absolute atomic E-state index is 0.0593. The van der Waals surface area contributed by atoms with Gasteiger partial charge in [-0.15, -0.1) is 0 Å². The molecule has 7 heteroatoms. The summed E-state index contributed by atoms with van der Waals surface area (Å²) in [6.07, 6.45) is 1.87. The van der Waals surface area contributed by atoms with Crippen LogP contribution < -0.4 is 10.5 Å². The second-order valence-corrected chi connectivity index (χ2v) is 7.23. The van der Waals surface area contributed by atoms with Crippen molar-refractivity contribution in [2.24, 2.45) is 5.14 Å². The lowest BCUT2D eigenvalue weighted by atomic mass is 10.0. The Balaban J connectivity index is 2.14. The fourth-order valence-electron chi connectivity index (χ4n) is 2.39. The highest BCUT2D eigenvalue weighted by atomic mass is 32.2. The van der Waals surface area contributed by atoms with E-state index in [0.717, 1.165) is 12.8 Å². The van der Waals surface area contributed by atoms with E-state index in [1.165, 1.54) is 12.1 Å². The Bertz CT molecular complexity index is 649. The molecule has 1 saturated heterocycles. The van der Waals surface area contributed by atoms with Crippen LogP contribution in [0.4, 0.5) is 0 Å². The summed E-state index contributed by atoms with van der Waals surface area (Å²) in [5, 5.41) is 7.90. The van der Waals surface area contributed by atoms with Crippen molar-refractivity contribution < 1.29 is 17.9 Å². The van der Waals surface area contributed by atoms with Crippen molar-refractivity contribution in [3.8, 4) is 0 Å². The summed E-state index contributed by atoms with van der Waals surface area (Å²) in [6, 6.07) is 4.35. The molecule has 2 rings (SSSR count). The number of carbonyl (C=O) groups excluding carboxylic acids is 1. The number of carbonyl (C=O) groups is 1. The molecule has 21 heavy (non-hydrogen) atoms. The maximum Gasteiger partial charge on any atom is 0.251 e. The normalized spacial score (nSPS) is 22.2. The first kappa shape index (κ1) is 15.9. The van der Waals surface area contributed by atoms with Crippen LogP contribution in [0.2, 0.25) is 0 Å². The van der Waals surface area contributed by atoms with E-state index in [-0.39, 0.29) is 22.0 Å². The molecule has 1 heterocycles. The third-order valence-corrected chi connectivity index (χ3v) is 4.46. The fourth-order valence-corrected chi connectivity index (χ4v) is 3.03. The van der Waals surface area contributed by atoms with Crippen LogP contribution in [0.1, 0.15) is 35.7 Å². The smallest absolute Gasteiger partial charge is 0.251 e. The number of nitrogens with two attached hydrogens (primary N) is 1. The van der Waals surface area contributed by atoms with Gasteiger partial charge in [0.15, 0.2) is 0 Å². The van der Waals surface area contributed by atoms with Crippen LogP contribution in [-0.4, -0.2) is 33.1 Å². The molecule has 0 aromatic heterocycles. The Hall–Kier alpha value is -1.44. The molecule has 1 fully saturated rings. The standard InChI is InChI=1S/C14H20N2O4S/c1-10-6-11(8-12(7-10)21(15,18)19)13(17)16-9-14(2)4-3-5-20-14/h6-8H,3-5,9H2,1-2H3,(H,16,17)(H2,15,18,19). The van der Waals surface area contributed by atoms with Crippen molar-refractivity contribution in [3.63, 3.8) is 0 Å². The van der Waals surface area contributed by atoms with Gasteiger partial charge >= 0.3 is 0 Å². The molecule has 0 spiro atoms. The molecule has 1 aromatic rings. The Labute approximate surface area is 124 Å². The van der Waals surface area contributed by atoms with E-state index < -0.39 is 10.0 Å². The molecule has 1 unspecified atom stereocenters. The number of rotatable bonds is 4. The minimum Gasteiger partial charge on any atom is -0.373 e. The van der Waals surface area contributed by atoms with Crippen LogP contribution in [0.15, 0.2) is 23.1 Å². The van der Waals surface area contributed by atoms with E-state index in [2.05, 4.69) is 5.32 Å². The average molecular weight is 312 g/mol. The van der Waals surface area contributed by atoms with Crippen LogP contribution in [0.3, 0.4) is 0 Å². The summed E-state index contributed by atoms with van der Waals surface area (Å²) in [4.78, 5) is 12.1. The van der Waals surface area contributed by atoms with Gasteiger partial charge in [-0.2, -0.15) is 0 Å². The quantitative estimate of drug-likeness (QED) is 0.864. The molecule has 0 aliphatic carbocycles. The number of nitrogens with one attached hydrogen (secondary N) is 1.